The van der Waals surface area contributed by atoms with Crippen LogP contribution in [0.5, 0.6) is 0 Å². The summed E-state index contributed by atoms with van der Waals surface area (Å²) >= 11 is 0. The molecule has 4 rings (SSSR count). The van der Waals surface area contributed by atoms with Gasteiger partial charge in [-0.3, -0.25) is 4.79 Å². The molecule has 134 valence electrons. The molecule has 0 saturated heterocycles. The maximum atomic E-state index is 11.1. The van der Waals surface area contributed by atoms with E-state index in [0.717, 1.165) is 11.4 Å². The fourth-order valence-corrected chi connectivity index (χ4v) is 2.51. The van der Waals surface area contributed by atoms with E-state index < -0.39 is 0 Å². The maximum absolute atomic E-state index is 11.1. The Hall–Kier alpha value is -4.01. The number of nitrogens with one attached hydrogen (secondary N) is 4. The van der Waals surface area contributed by atoms with Crippen molar-refractivity contribution in [2.45, 2.75) is 6.92 Å². The molecule has 0 spiro atoms. The summed E-state index contributed by atoms with van der Waals surface area (Å²) in [6.45, 7) is 1.47. The van der Waals surface area contributed by atoms with Gasteiger partial charge in [-0.2, -0.15) is 9.97 Å². The number of pyridine rings is 1. The van der Waals surface area contributed by atoms with Gasteiger partial charge in [-0.1, -0.05) is 6.07 Å². The lowest BCUT2D eigenvalue weighted by molar-refractivity contribution is -0.114. The maximum Gasteiger partial charge on any atom is 0.232 e. The Morgan fingerprint density at radius 2 is 1.78 bits per heavy atom. The Bertz CT molecular complexity index is 1080. The highest BCUT2D eigenvalue weighted by Gasteiger charge is 2.11. The predicted octanol–water partition coefficient (Wildman–Crippen LogP) is 3.19. The van der Waals surface area contributed by atoms with Crippen molar-refractivity contribution in [3.05, 3.63) is 55.0 Å². The van der Waals surface area contributed by atoms with Crippen LogP contribution < -0.4 is 16.0 Å². The minimum atomic E-state index is -0.115. The molecule has 0 atom stereocenters. The molecule has 3 aromatic heterocycles. The number of benzene rings is 1. The van der Waals surface area contributed by atoms with Gasteiger partial charge in [-0.05, 0) is 36.4 Å². The van der Waals surface area contributed by atoms with Crippen LogP contribution in [0.4, 0.5) is 29.0 Å². The molecular weight excluding hydrogens is 344 g/mol. The van der Waals surface area contributed by atoms with Crippen LogP contribution in [-0.2, 0) is 4.79 Å². The first-order chi connectivity index (χ1) is 13.2. The van der Waals surface area contributed by atoms with Crippen LogP contribution in [0.25, 0.3) is 11.2 Å². The monoisotopic (exact) mass is 360 g/mol. The highest BCUT2D eigenvalue weighted by Crippen LogP contribution is 2.24. The van der Waals surface area contributed by atoms with Crippen LogP contribution >= 0.6 is 0 Å². The van der Waals surface area contributed by atoms with Crippen LogP contribution in [0.3, 0.4) is 0 Å². The number of carbonyl (C=O) groups is 1. The zero-order valence-corrected chi connectivity index (χ0v) is 14.4. The average molecular weight is 360 g/mol. The lowest BCUT2D eigenvalue weighted by Crippen LogP contribution is -2.05. The fourth-order valence-electron chi connectivity index (χ4n) is 2.51. The van der Waals surface area contributed by atoms with Gasteiger partial charge in [-0.15, -0.1) is 0 Å². The molecule has 0 saturated carbocycles. The van der Waals surface area contributed by atoms with Crippen LogP contribution in [-0.4, -0.2) is 30.8 Å². The number of aromatic nitrogens is 5. The van der Waals surface area contributed by atoms with Crippen LogP contribution in [0.15, 0.2) is 55.0 Å². The number of nitrogens with zero attached hydrogens (tertiary/aromatic N) is 4. The highest BCUT2D eigenvalue weighted by molar-refractivity contribution is 5.89. The first-order valence-corrected chi connectivity index (χ1v) is 8.21. The normalized spacial score (nSPS) is 10.6. The number of hydrogen-bond donors (Lipinski definition) is 4. The van der Waals surface area contributed by atoms with Crippen molar-refractivity contribution in [1.82, 2.24) is 24.9 Å². The SMILES string of the molecule is CC(=O)Nc1ccc(Nc2nc(Nc3ccccn3)nc3nc[nH]c23)cc1. The van der Waals surface area contributed by atoms with Gasteiger partial charge in [0.2, 0.25) is 11.9 Å². The number of amides is 1. The van der Waals surface area contributed by atoms with Crippen molar-refractivity contribution >= 4 is 46.0 Å². The average Bonchev–Trinajstić information content (AvgIpc) is 3.13. The van der Waals surface area contributed by atoms with E-state index in [2.05, 4.69) is 40.9 Å². The Labute approximate surface area is 154 Å². The summed E-state index contributed by atoms with van der Waals surface area (Å²) in [4.78, 5) is 31.5. The van der Waals surface area contributed by atoms with E-state index in [9.17, 15) is 4.79 Å². The molecule has 0 aliphatic rings. The van der Waals surface area contributed by atoms with Gasteiger partial charge in [0, 0.05) is 24.5 Å². The molecule has 9 heteroatoms. The van der Waals surface area contributed by atoms with Crippen molar-refractivity contribution in [1.29, 1.82) is 0 Å². The number of imidazole rings is 1. The number of carbonyl (C=O) groups excluding carboxylic acids is 1. The van der Waals surface area contributed by atoms with Crippen molar-refractivity contribution in [2.75, 3.05) is 16.0 Å². The van der Waals surface area contributed by atoms with Crippen LogP contribution in [0, 0.1) is 0 Å². The molecule has 0 aliphatic heterocycles. The van der Waals surface area contributed by atoms with Crippen molar-refractivity contribution in [3.63, 3.8) is 0 Å². The molecule has 0 unspecified atom stereocenters. The van der Waals surface area contributed by atoms with E-state index in [1.165, 1.54) is 6.92 Å². The van der Waals surface area contributed by atoms with E-state index >= 15 is 0 Å². The Balaban J connectivity index is 1.62. The van der Waals surface area contributed by atoms with Gasteiger partial charge in [0.1, 0.15) is 11.3 Å². The lowest BCUT2D eigenvalue weighted by atomic mass is 10.2. The molecule has 0 radical (unpaired) electrons. The number of fused-ring (bicyclic) bond motifs is 1. The molecule has 1 amide bonds. The zero-order chi connectivity index (χ0) is 18.6. The van der Waals surface area contributed by atoms with E-state index in [1.807, 2.05) is 42.5 Å². The van der Waals surface area contributed by atoms with Crippen molar-refractivity contribution in [3.8, 4) is 0 Å². The molecule has 0 fully saturated rings. The third-order valence-corrected chi connectivity index (χ3v) is 3.66. The fraction of sp³-hybridized carbons (Fsp3) is 0.0556. The summed E-state index contributed by atoms with van der Waals surface area (Å²) in [5.41, 5.74) is 2.75. The van der Waals surface area contributed by atoms with Gasteiger partial charge in [0.15, 0.2) is 11.5 Å². The van der Waals surface area contributed by atoms with Crippen LogP contribution in [0.2, 0.25) is 0 Å². The summed E-state index contributed by atoms with van der Waals surface area (Å²) in [5.74, 6) is 1.47. The number of rotatable bonds is 5. The number of H-pyrrole nitrogens is 1. The zero-order valence-electron chi connectivity index (χ0n) is 14.4. The minimum Gasteiger partial charge on any atom is -0.340 e. The summed E-state index contributed by atoms with van der Waals surface area (Å²) in [5, 5.41) is 9.04. The van der Waals surface area contributed by atoms with Crippen molar-refractivity contribution < 1.29 is 4.79 Å². The number of anilines is 5. The van der Waals surface area contributed by atoms with E-state index in [4.69, 9.17) is 0 Å². The molecular formula is C18H16N8O. The summed E-state index contributed by atoms with van der Waals surface area (Å²) in [7, 11) is 0. The minimum absolute atomic E-state index is 0.115. The van der Waals surface area contributed by atoms with E-state index in [-0.39, 0.29) is 5.91 Å². The Morgan fingerprint density at radius 1 is 0.963 bits per heavy atom. The second-order valence-corrected chi connectivity index (χ2v) is 5.72. The Kier molecular flexibility index (Phi) is 4.32. The quantitative estimate of drug-likeness (QED) is 0.431. The highest BCUT2D eigenvalue weighted by atomic mass is 16.1. The van der Waals surface area contributed by atoms with Gasteiger partial charge < -0.3 is 20.9 Å². The smallest absolute Gasteiger partial charge is 0.232 e. The Morgan fingerprint density at radius 3 is 2.52 bits per heavy atom. The van der Waals surface area contributed by atoms with Gasteiger partial charge in [0.05, 0.1) is 6.33 Å². The number of hydrogen-bond acceptors (Lipinski definition) is 7. The first kappa shape index (κ1) is 16.5. The molecule has 4 aromatic rings. The molecule has 3 heterocycles. The second kappa shape index (κ2) is 7.08. The van der Waals surface area contributed by atoms with E-state index in [0.29, 0.717) is 28.7 Å². The molecule has 4 N–H and O–H groups in total. The van der Waals surface area contributed by atoms with Gasteiger partial charge in [-0.25, -0.2) is 9.97 Å². The summed E-state index contributed by atoms with van der Waals surface area (Å²) in [6.07, 6.45) is 3.25. The van der Waals surface area contributed by atoms with Gasteiger partial charge in [0.25, 0.3) is 0 Å². The molecule has 27 heavy (non-hydrogen) atoms. The summed E-state index contributed by atoms with van der Waals surface area (Å²) in [6, 6.07) is 12.8. The van der Waals surface area contributed by atoms with Gasteiger partial charge >= 0.3 is 0 Å². The molecule has 0 aliphatic carbocycles. The lowest BCUT2D eigenvalue weighted by Gasteiger charge is -2.10. The molecule has 1 aromatic carbocycles. The second-order valence-electron chi connectivity index (χ2n) is 5.72. The largest absolute Gasteiger partial charge is 0.340 e. The topological polar surface area (TPSA) is 121 Å². The predicted molar refractivity (Wildman–Crippen MR) is 103 cm³/mol. The standard InChI is InChI=1S/C18H16N8O/c1-11(27)22-12-5-7-13(8-6-12)23-17-15-16(21-10-20-15)25-18(26-17)24-14-4-2-3-9-19-14/h2-10H,1H3,(H,22,27)(H3,19,20,21,23,24,25,26). The number of aromatic amines is 1. The van der Waals surface area contributed by atoms with E-state index in [1.54, 1.807) is 12.5 Å². The molecule has 9 nitrogen and oxygen atoms in total. The van der Waals surface area contributed by atoms with Crippen molar-refractivity contribution in [2.24, 2.45) is 0 Å². The third-order valence-electron chi connectivity index (χ3n) is 3.66. The summed E-state index contributed by atoms with van der Waals surface area (Å²) < 4.78 is 0. The van der Waals surface area contributed by atoms with Crippen LogP contribution in [0.1, 0.15) is 6.92 Å². The first-order valence-electron chi connectivity index (χ1n) is 8.21. The molecule has 0 bridgehead atoms. The third kappa shape index (κ3) is 3.82.